The van der Waals surface area contributed by atoms with Gasteiger partial charge in [-0.25, -0.2) is 0 Å². The van der Waals surface area contributed by atoms with Crippen molar-refractivity contribution in [2.45, 2.75) is 38.2 Å². The Morgan fingerprint density at radius 1 is 1.11 bits per heavy atom. The van der Waals surface area contributed by atoms with Crippen molar-refractivity contribution in [3.05, 3.63) is 0 Å². The van der Waals surface area contributed by atoms with Crippen molar-refractivity contribution in [1.29, 1.82) is 0 Å². The molecule has 0 radical (unpaired) electrons. The average Bonchev–Trinajstić information content (AvgIpc) is 2.75. The molecule has 1 aliphatic carbocycles. The number of aliphatic hydroxyl groups is 1. The number of hydrogen-bond acceptors (Lipinski definition) is 3. The van der Waals surface area contributed by atoms with Crippen LogP contribution in [0, 0.1) is 17.8 Å². The first kappa shape index (κ1) is 15.1. The Morgan fingerprint density at radius 3 is 2.47 bits per heavy atom. The fourth-order valence-electron chi connectivity index (χ4n) is 3.97. The summed E-state index contributed by atoms with van der Waals surface area (Å²) >= 11 is 0. The number of hydrogen-bond donors (Lipinski definition) is 2. The van der Waals surface area contributed by atoms with Crippen molar-refractivity contribution in [3.8, 4) is 0 Å². The second-order valence-electron chi connectivity index (χ2n) is 6.27. The van der Waals surface area contributed by atoms with E-state index in [9.17, 15) is 9.90 Å². The summed E-state index contributed by atoms with van der Waals surface area (Å²) in [6.07, 6.45) is 4.85. The van der Waals surface area contributed by atoms with E-state index in [1.54, 1.807) is 0 Å². The van der Waals surface area contributed by atoms with E-state index in [2.05, 4.69) is 10.2 Å². The number of carbonyl (C=O) groups is 1. The van der Waals surface area contributed by atoms with Crippen LogP contribution in [0.1, 0.15) is 32.1 Å². The summed E-state index contributed by atoms with van der Waals surface area (Å²) in [5.74, 6) is 1.74. The summed E-state index contributed by atoms with van der Waals surface area (Å²) in [6.45, 7) is 3.83. The van der Waals surface area contributed by atoms with Gasteiger partial charge >= 0.3 is 0 Å². The zero-order valence-electron chi connectivity index (χ0n) is 11.4. The maximum absolute atomic E-state index is 12.5. The number of fused-ring (bicyclic) bond motifs is 1. The largest absolute Gasteiger partial charge is 0.393 e. The van der Waals surface area contributed by atoms with Crippen LogP contribution in [0.25, 0.3) is 0 Å². The van der Waals surface area contributed by atoms with Crippen LogP contribution in [0.4, 0.5) is 0 Å². The molecule has 0 bridgehead atoms. The molecule has 0 spiro atoms. The summed E-state index contributed by atoms with van der Waals surface area (Å²) in [5.41, 5.74) is 0. The highest BCUT2D eigenvalue weighted by atomic mass is 35.5. The summed E-state index contributed by atoms with van der Waals surface area (Å²) in [5, 5.41) is 13.0. The van der Waals surface area contributed by atoms with Crippen molar-refractivity contribution in [1.82, 2.24) is 10.2 Å². The van der Waals surface area contributed by atoms with E-state index in [1.807, 2.05) is 0 Å². The van der Waals surface area contributed by atoms with Gasteiger partial charge in [0.15, 0.2) is 0 Å². The van der Waals surface area contributed by atoms with Gasteiger partial charge in [0.05, 0.1) is 6.10 Å². The molecule has 2 saturated heterocycles. The molecule has 2 aliphatic heterocycles. The fraction of sp³-hybridized carbons (Fsp3) is 0.929. The molecule has 0 aromatic rings. The third-order valence-electron chi connectivity index (χ3n) is 4.96. The normalized spacial score (nSPS) is 38.5. The van der Waals surface area contributed by atoms with Gasteiger partial charge in [-0.15, -0.1) is 12.4 Å². The summed E-state index contributed by atoms with van der Waals surface area (Å²) in [7, 11) is 0. The summed E-state index contributed by atoms with van der Waals surface area (Å²) < 4.78 is 0. The monoisotopic (exact) mass is 288 g/mol. The first-order valence-electron chi connectivity index (χ1n) is 7.41. The van der Waals surface area contributed by atoms with Crippen LogP contribution in [-0.2, 0) is 4.79 Å². The maximum Gasteiger partial charge on any atom is 0.225 e. The Morgan fingerprint density at radius 2 is 1.79 bits per heavy atom. The number of nitrogens with one attached hydrogen (secondary N) is 1. The van der Waals surface area contributed by atoms with Crippen molar-refractivity contribution in [2.75, 3.05) is 26.2 Å². The molecule has 1 saturated carbocycles. The Hall–Kier alpha value is -0.320. The van der Waals surface area contributed by atoms with E-state index in [1.165, 1.54) is 0 Å². The van der Waals surface area contributed by atoms with E-state index in [-0.39, 0.29) is 24.4 Å². The number of carbonyl (C=O) groups excluding carboxylic acids is 1. The number of likely N-dealkylation sites (tertiary alicyclic amines) is 1. The van der Waals surface area contributed by atoms with E-state index in [0.29, 0.717) is 17.7 Å². The molecule has 5 heteroatoms. The van der Waals surface area contributed by atoms with Crippen LogP contribution >= 0.6 is 12.4 Å². The van der Waals surface area contributed by atoms with Gasteiger partial charge in [-0.3, -0.25) is 4.79 Å². The molecule has 110 valence electrons. The lowest BCUT2D eigenvalue weighted by atomic mass is 9.99. The fourth-order valence-corrected chi connectivity index (χ4v) is 3.97. The van der Waals surface area contributed by atoms with E-state index in [4.69, 9.17) is 0 Å². The molecule has 2 unspecified atom stereocenters. The molecule has 19 heavy (non-hydrogen) atoms. The second-order valence-corrected chi connectivity index (χ2v) is 6.27. The molecule has 0 aromatic carbocycles. The summed E-state index contributed by atoms with van der Waals surface area (Å²) in [4.78, 5) is 14.6. The Kier molecular flexibility index (Phi) is 5.09. The Bertz CT molecular complexity index is 305. The van der Waals surface area contributed by atoms with Crippen molar-refractivity contribution in [2.24, 2.45) is 17.8 Å². The van der Waals surface area contributed by atoms with Crippen LogP contribution in [0.2, 0.25) is 0 Å². The SMILES string of the molecule is Cl.O=C(C1CCCNCC1)N1C[C@H]2CC(O)C[C@H]2C1. The van der Waals surface area contributed by atoms with Gasteiger partial charge in [-0.05, 0) is 57.0 Å². The topological polar surface area (TPSA) is 52.6 Å². The van der Waals surface area contributed by atoms with E-state index in [0.717, 1.165) is 58.3 Å². The minimum Gasteiger partial charge on any atom is -0.393 e. The van der Waals surface area contributed by atoms with Crippen molar-refractivity contribution < 1.29 is 9.90 Å². The lowest BCUT2D eigenvalue weighted by Gasteiger charge is -2.23. The minimum absolute atomic E-state index is 0. The predicted octanol–water partition coefficient (Wildman–Crippen LogP) is 1.03. The number of aliphatic hydroxyl groups excluding tert-OH is 1. The zero-order valence-corrected chi connectivity index (χ0v) is 12.2. The highest BCUT2D eigenvalue weighted by Gasteiger charge is 2.42. The number of halogens is 1. The number of amides is 1. The van der Waals surface area contributed by atoms with Gasteiger partial charge < -0.3 is 15.3 Å². The van der Waals surface area contributed by atoms with E-state index < -0.39 is 0 Å². The first-order chi connectivity index (χ1) is 8.74. The lowest BCUT2D eigenvalue weighted by Crippen LogP contribution is -2.36. The van der Waals surface area contributed by atoms with Gasteiger partial charge in [0.2, 0.25) is 5.91 Å². The smallest absolute Gasteiger partial charge is 0.225 e. The quantitative estimate of drug-likeness (QED) is 0.758. The lowest BCUT2D eigenvalue weighted by molar-refractivity contribution is -0.135. The second kappa shape index (κ2) is 6.42. The average molecular weight is 289 g/mol. The number of rotatable bonds is 1. The molecular weight excluding hydrogens is 264 g/mol. The van der Waals surface area contributed by atoms with Gasteiger partial charge in [-0.2, -0.15) is 0 Å². The van der Waals surface area contributed by atoms with Crippen LogP contribution in [0.3, 0.4) is 0 Å². The van der Waals surface area contributed by atoms with Gasteiger partial charge in [0.25, 0.3) is 0 Å². The van der Waals surface area contributed by atoms with Crippen LogP contribution in [-0.4, -0.2) is 48.2 Å². The molecule has 3 fully saturated rings. The van der Waals surface area contributed by atoms with Crippen molar-refractivity contribution in [3.63, 3.8) is 0 Å². The van der Waals surface area contributed by atoms with Crippen LogP contribution < -0.4 is 5.32 Å². The maximum atomic E-state index is 12.5. The highest BCUT2D eigenvalue weighted by Crippen LogP contribution is 2.38. The molecular formula is C14H25ClN2O2. The Balaban J connectivity index is 0.00000133. The minimum atomic E-state index is -0.112. The molecule has 4 nitrogen and oxygen atoms in total. The third kappa shape index (κ3) is 3.23. The predicted molar refractivity (Wildman–Crippen MR) is 76.3 cm³/mol. The molecule has 3 rings (SSSR count). The molecule has 3 aliphatic rings. The van der Waals surface area contributed by atoms with Crippen LogP contribution in [0.5, 0.6) is 0 Å². The van der Waals surface area contributed by atoms with Gasteiger partial charge in [0.1, 0.15) is 0 Å². The van der Waals surface area contributed by atoms with Crippen molar-refractivity contribution >= 4 is 18.3 Å². The Labute approximate surface area is 121 Å². The van der Waals surface area contributed by atoms with Gasteiger partial charge in [-0.1, -0.05) is 0 Å². The summed E-state index contributed by atoms with van der Waals surface area (Å²) in [6, 6.07) is 0. The van der Waals surface area contributed by atoms with Crippen LogP contribution in [0.15, 0.2) is 0 Å². The molecule has 4 atom stereocenters. The highest BCUT2D eigenvalue weighted by molar-refractivity contribution is 5.85. The van der Waals surface area contributed by atoms with Gasteiger partial charge in [0, 0.05) is 19.0 Å². The standard InChI is InChI=1S/C14H24N2O2.ClH/c17-13-6-11-8-16(9-12(11)7-13)14(18)10-2-1-4-15-5-3-10;/h10-13,15,17H,1-9H2;1H/t10?,11-,12+,13?;. The zero-order chi connectivity index (χ0) is 12.5. The number of nitrogens with zero attached hydrogens (tertiary/aromatic N) is 1. The van der Waals surface area contributed by atoms with E-state index >= 15 is 0 Å². The molecule has 2 N–H and O–H groups in total. The third-order valence-corrected chi connectivity index (χ3v) is 4.96. The molecule has 0 aromatic heterocycles. The molecule has 1 amide bonds. The first-order valence-corrected chi connectivity index (χ1v) is 7.41. The molecule has 2 heterocycles.